The summed E-state index contributed by atoms with van der Waals surface area (Å²) in [6, 6.07) is 7.64. The highest BCUT2D eigenvalue weighted by Crippen LogP contribution is 2.30. The highest BCUT2D eigenvalue weighted by Gasteiger charge is 2.25. The molecule has 3 rings (SSSR count). The molecular formula is C19H26N6O2S. The third kappa shape index (κ3) is 4.64. The van der Waals surface area contributed by atoms with Crippen LogP contribution in [0.3, 0.4) is 0 Å². The van der Waals surface area contributed by atoms with E-state index in [-0.39, 0.29) is 5.91 Å². The van der Waals surface area contributed by atoms with Crippen LogP contribution in [0, 0.1) is 6.92 Å². The Balaban J connectivity index is 1.90. The molecule has 9 heteroatoms. The average Bonchev–Trinajstić information content (AvgIpc) is 3.12. The highest BCUT2D eigenvalue weighted by molar-refractivity contribution is 8.00. The van der Waals surface area contributed by atoms with E-state index >= 15 is 0 Å². The molecule has 1 unspecified atom stereocenters. The lowest BCUT2D eigenvalue weighted by Crippen LogP contribution is -2.41. The first-order valence-electron chi connectivity index (χ1n) is 9.46. The SMILES string of the molecule is CNC(=O)NC(=O)C(C)Sc1nnc(N2CCCCC2)n1-c1ccc(C)cc1. The van der Waals surface area contributed by atoms with Gasteiger partial charge in [-0.05, 0) is 45.2 Å². The first-order valence-corrected chi connectivity index (χ1v) is 10.3. The van der Waals surface area contributed by atoms with Gasteiger partial charge in [0.15, 0.2) is 5.16 Å². The molecule has 1 aliphatic rings. The number of imide groups is 1. The zero-order chi connectivity index (χ0) is 20.1. The molecule has 0 spiro atoms. The number of aryl methyl sites for hydroxylation is 1. The van der Waals surface area contributed by atoms with Gasteiger partial charge in [0, 0.05) is 20.1 Å². The number of anilines is 1. The van der Waals surface area contributed by atoms with Crippen molar-refractivity contribution in [1.29, 1.82) is 0 Å². The number of amides is 3. The Morgan fingerprint density at radius 2 is 1.79 bits per heavy atom. The van der Waals surface area contributed by atoms with E-state index in [9.17, 15) is 9.59 Å². The second-order valence-electron chi connectivity index (χ2n) is 6.83. The summed E-state index contributed by atoms with van der Waals surface area (Å²) in [7, 11) is 1.47. The van der Waals surface area contributed by atoms with Gasteiger partial charge in [-0.15, -0.1) is 10.2 Å². The lowest BCUT2D eigenvalue weighted by molar-refractivity contribution is -0.119. The van der Waals surface area contributed by atoms with E-state index in [1.165, 1.54) is 30.8 Å². The van der Waals surface area contributed by atoms with Crippen molar-refractivity contribution < 1.29 is 9.59 Å². The zero-order valence-corrected chi connectivity index (χ0v) is 17.3. The highest BCUT2D eigenvalue weighted by atomic mass is 32.2. The van der Waals surface area contributed by atoms with Crippen molar-refractivity contribution in [2.45, 2.75) is 43.5 Å². The molecule has 1 aromatic heterocycles. The standard InChI is InChI=1S/C19H26N6O2S/c1-13-7-9-15(10-8-13)25-18(24-11-5-4-6-12-24)22-23-19(25)28-14(2)16(26)21-17(27)20-3/h7-10,14H,4-6,11-12H2,1-3H3,(H2,20,21,26,27). The quantitative estimate of drug-likeness (QED) is 0.747. The molecule has 8 nitrogen and oxygen atoms in total. The number of nitrogens with zero attached hydrogens (tertiary/aromatic N) is 4. The Morgan fingerprint density at radius 3 is 2.43 bits per heavy atom. The monoisotopic (exact) mass is 402 g/mol. The van der Waals surface area contributed by atoms with E-state index in [1.54, 1.807) is 6.92 Å². The number of carbonyl (C=O) groups excluding carboxylic acids is 2. The van der Waals surface area contributed by atoms with Crippen LogP contribution in [-0.4, -0.2) is 52.1 Å². The van der Waals surface area contributed by atoms with Gasteiger partial charge in [-0.1, -0.05) is 29.5 Å². The number of piperidine rings is 1. The van der Waals surface area contributed by atoms with Crippen LogP contribution in [0.2, 0.25) is 0 Å². The molecule has 28 heavy (non-hydrogen) atoms. The Morgan fingerprint density at radius 1 is 1.11 bits per heavy atom. The minimum Gasteiger partial charge on any atom is -0.341 e. The van der Waals surface area contributed by atoms with Crippen molar-refractivity contribution in [1.82, 2.24) is 25.4 Å². The summed E-state index contributed by atoms with van der Waals surface area (Å²) in [6.45, 7) is 5.68. The topological polar surface area (TPSA) is 92.2 Å². The van der Waals surface area contributed by atoms with Gasteiger partial charge in [-0.25, -0.2) is 4.79 Å². The van der Waals surface area contributed by atoms with Crippen molar-refractivity contribution in [2.75, 3.05) is 25.0 Å². The van der Waals surface area contributed by atoms with Crippen LogP contribution in [0.5, 0.6) is 0 Å². The summed E-state index contributed by atoms with van der Waals surface area (Å²) in [5.74, 6) is 0.423. The molecule has 0 radical (unpaired) electrons. The lowest BCUT2D eigenvalue weighted by Gasteiger charge is -2.28. The van der Waals surface area contributed by atoms with Crippen LogP contribution in [0.4, 0.5) is 10.7 Å². The smallest absolute Gasteiger partial charge is 0.321 e. The summed E-state index contributed by atoms with van der Waals surface area (Å²) < 4.78 is 2.00. The van der Waals surface area contributed by atoms with Crippen molar-refractivity contribution in [3.05, 3.63) is 29.8 Å². The number of benzene rings is 1. The molecule has 1 fully saturated rings. The summed E-state index contributed by atoms with van der Waals surface area (Å²) >= 11 is 1.29. The molecular weight excluding hydrogens is 376 g/mol. The molecule has 0 bridgehead atoms. The zero-order valence-electron chi connectivity index (χ0n) is 16.4. The van der Waals surface area contributed by atoms with Crippen molar-refractivity contribution >= 4 is 29.6 Å². The number of thioether (sulfide) groups is 1. The second kappa shape index (κ2) is 9.09. The maximum absolute atomic E-state index is 12.3. The van der Waals surface area contributed by atoms with Crippen LogP contribution in [0.1, 0.15) is 31.7 Å². The molecule has 1 saturated heterocycles. The fourth-order valence-electron chi connectivity index (χ4n) is 3.04. The first kappa shape index (κ1) is 20.2. The van der Waals surface area contributed by atoms with E-state index in [1.807, 2.05) is 35.8 Å². The van der Waals surface area contributed by atoms with E-state index in [4.69, 9.17) is 0 Å². The van der Waals surface area contributed by atoms with Gasteiger partial charge in [0.2, 0.25) is 11.9 Å². The van der Waals surface area contributed by atoms with Gasteiger partial charge in [0.25, 0.3) is 0 Å². The Kier molecular flexibility index (Phi) is 6.56. The molecule has 2 aromatic rings. The van der Waals surface area contributed by atoms with Crippen LogP contribution < -0.4 is 15.5 Å². The molecule has 2 heterocycles. The van der Waals surface area contributed by atoms with Crippen molar-refractivity contribution in [3.8, 4) is 5.69 Å². The number of hydrogen-bond acceptors (Lipinski definition) is 6. The van der Waals surface area contributed by atoms with E-state index < -0.39 is 11.3 Å². The van der Waals surface area contributed by atoms with Crippen LogP contribution in [-0.2, 0) is 4.79 Å². The van der Waals surface area contributed by atoms with Crippen molar-refractivity contribution in [2.24, 2.45) is 0 Å². The Labute approximate surface area is 169 Å². The van der Waals surface area contributed by atoms with Gasteiger partial charge >= 0.3 is 6.03 Å². The number of nitrogens with one attached hydrogen (secondary N) is 2. The lowest BCUT2D eigenvalue weighted by atomic mass is 10.1. The summed E-state index contributed by atoms with van der Waals surface area (Å²) in [6.07, 6.45) is 3.50. The van der Waals surface area contributed by atoms with Crippen LogP contribution >= 0.6 is 11.8 Å². The molecule has 0 aliphatic carbocycles. The number of urea groups is 1. The maximum Gasteiger partial charge on any atom is 0.321 e. The van der Waals surface area contributed by atoms with Crippen molar-refractivity contribution in [3.63, 3.8) is 0 Å². The van der Waals surface area contributed by atoms with E-state index in [0.29, 0.717) is 5.16 Å². The van der Waals surface area contributed by atoms with Gasteiger partial charge in [-0.3, -0.25) is 14.7 Å². The summed E-state index contributed by atoms with van der Waals surface area (Å²) in [4.78, 5) is 25.9. The third-order valence-corrected chi connectivity index (χ3v) is 5.71. The molecule has 0 saturated carbocycles. The molecule has 1 aliphatic heterocycles. The minimum absolute atomic E-state index is 0.373. The predicted molar refractivity (Wildman–Crippen MR) is 110 cm³/mol. The number of aromatic nitrogens is 3. The second-order valence-corrected chi connectivity index (χ2v) is 8.14. The maximum atomic E-state index is 12.3. The molecule has 3 amide bonds. The summed E-state index contributed by atoms with van der Waals surface area (Å²) in [5.41, 5.74) is 2.13. The largest absolute Gasteiger partial charge is 0.341 e. The van der Waals surface area contributed by atoms with Crippen LogP contribution in [0.15, 0.2) is 29.4 Å². The van der Waals surface area contributed by atoms with E-state index in [0.717, 1.165) is 37.6 Å². The molecule has 1 aromatic carbocycles. The normalized spacial score (nSPS) is 15.2. The average molecular weight is 403 g/mol. The van der Waals surface area contributed by atoms with Gasteiger partial charge in [-0.2, -0.15) is 0 Å². The fourth-order valence-corrected chi connectivity index (χ4v) is 3.91. The van der Waals surface area contributed by atoms with Gasteiger partial charge in [0.05, 0.1) is 10.9 Å². The summed E-state index contributed by atoms with van der Waals surface area (Å²) in [5, 5.41) is 13.6. The van der Waals surface area contributed by atoms with Gasteiger partial charge in [0.1, 0.15) is 0 Å². The Bertz CT molecular complexity index is 829. The third-order valence-electron chi connectivity index (χ3n) is 4.66. The number of hydrogen-bond donors (Lipinski definition) is 2. The first-order chi connectivity index (χ1) is 13.5. The molecule has 1 atom stereocenters. The van der Waals surface area contributed by atoms with Crippen LogP contribution in [0.25, 0.3) is 5.69 Å². The predicted octanol–water partition coefficient (Wildman–Crippen LogP) is 2.50. The fraction of sp³-hybridized carbons (Fsp3) is 0.474. The Hall–Kier alpha value is -2.55. The minimum atomic E-state index is -0.522. The van der Waals surface area contributed by atoms with E-state index in [2.05, 4.69) is 25.7 Å². The number of rotatable bonds is 5. The molecule has 150 valence electrons. The molecule has 2 N–H and O–H groups in total. The number of carbonyl (C=O) groups is 2. The van der Waals surface area contributed by atoms with Gasteiger partial charge < -0.3 is 10.2 Å².